The van der Waals surface area contributed by atoms with Gasteiger partial charge in [-0.2, -0.15) is 5.10 Å². The largest absolute Gasteiger partial charge is 0.478 e. The number of carbonyl (C=O) groups is 2. The molecule has 6 nitrogen and oxygen atoms in total. The van der Waals surface area contributed by atoms with Crippen molar-refractivity contribution in [3.63, 3.8) is 0 Å². The van der Waals surface area contributed by atoms with E-state index in [1.807, 2.05) is 6.07 Å². The second-order valence-corrected chi connectivity index (χ2v) is 3.98. The SMILES string of the molecule is CNC(=O)c1ccn(Cc2cccc(C(=O)O)c2)n1. The van der Waals surface area contributed by atoms with E-state index in [2.05, 4.69) is 10.4 Å². The second-order valence-electron chi connectivity index (χ2n) is 3.98. The van der Waals surface area contributed by atoms with Crippen LogP contribution < -0.4 is 5.32 Å². The van der Waals surface area contributed by atoms with Crippen molar-refractivity contribution in [1.29, 1.82) is 0 Å². The Labute approximate surface area is 109 Å². The van der Waals surface area contributed by atoms with Crippen LogP contribution in [0, 0.1) is 0 Å². The van der Waals surface area contributed by atoms with Gasteiger partial charge in [0.05, 0.1) is 12.1 Å². The van der Waals surface area contributed by atoms with Crippen LogP contribution in [0.15, 0.2) is 36.5 Å². The summed E-state index contributed by atoms with van der Waals surface area (Å²) in [7, 11) is 1.54. The van der Waals surface area contributed by atoms with Gasteiger partial charge in [-0.05, 0) is 23.8 Å². The van der Waals surface area contributed by atoms with Gasteiger partial charge in [-0.15, -0.1) is 0 Å². The zero-order valence-electron chi connectivity index (χ0n) is 10.3. The maximum atomic E-state index is 11.4. The van der Waals surface area contributed by atoms with Gasteiger partial charge >= 0.3 is 5.97 Å². The van der Waals surface area contributed by atoms with Gasteiger partial charge in [-0.1, -0.05) is 12.1 Å². The van der Waals surface area contributed by atoms with Crippen LogP contribution in [0.5, 0.6) is 0 Å². The summed E-state index contributed by atoms with van der Waals surface area (Å²) in [4.78, 5) is 22.2. The van der Waals surface area contributed by atoms with Crippen molar-refractivity contribution in [3.05, 3.63) is 53.3 Å². The number of hydrogen-bond donors (Lipinski definition) is 2. The number of carboxylic acid groups (broad SMARTS) is 1. The number of hydrogen-bond acceptors (Lipinski definition) is 3. The molecule has 2 rings (SSSR count). The monoisotopic (exact) mass is 259 g/mol. The lowest BCUT2D eigenvalue weighted by Crippen LogP contribution is -2.18. The van der Waals surface area contributed by atoms with E-state index in [9.17, 15) is 9.59 Å². The molecular formula is C13H13N3O3. The van der Waals surface area contributed by atoms with Crippen molar-refractivity contribution < 1.29 is 14.7 Å². The third-order valence-corrected chi connectivity index (χ3v) is 2.62. The van der Waals surface area contributed by atoms with E-state index in [0.717, 1.165) is 5.56 Å². The van der Waals surface area contributed by atoms with Gasteiger partial charge in [0.15, 0.2) is 0 Å². The molecule has 0 saturated heterocycles. The molecule has 6 heteroatoms. The standard InChI is InChI=1S/C13H13N3O3/c1-14-12(17)11-5-6-16(15-11)8-9-3-2-4-10(7-9)13(18)19/h2-7H,8H2,1H3,(H,14,17)(H,18,19). The Balaban J connectivity index is 2.17. The molecule has 0 radical (unpaired) electrons. The number of aromatic nitrogens is 2. The smallest absolute Gasteiger partial charge is 0.335 e. The lowest BCUT2D eigenvalue weighted by molar-refractivity contribution is 0.0696. The molecule has 2 N–H and O–H groups in total. The molecule has 0 unspecified atom stereocenters. The Hall–Kier alpha value is -2.63. The molecule has 0 aliphatic heterocycles. The minimum Gasteiger partial charge on any atom is -0.478 e. The van der Waals surface area contributed by atoms with E-state index in [0.29, 0.717) is 12.2 Å². The third-order valence-electron chi connectivity index (χ3n) is 2.62. The van der Waals surface area contributed by atoms with Gasteiger partial charge in [0.1, 0.15) is 5.69 Å². The Morgan fingerprint density at radius 2 is 2.16 bits per heavy atom. The molecule has 0 aliphatic rings. The maximum Gasteiger partial charge on any atom is 0.335 e. The van der Waals surface area contributed by atoms with Gasteiger partial charge < -0.3 is 10.4 Å². The Morgan fingerprint density at radius 3 is 2.84 bits per heavy atom. The van der Waals surface area contributed by atoms with Gasteiger partial charge in [0.25, 0.3) is 5.91 Å². The normalized spacial score (nSPS) is 10.2. The van der Waals surface area contributed by atoms with E-state index >= 15 is 0 Å². The van der Waals surface area contributed by atoms with Crippen LogP contribution in [0.3, 0.4) is 0 Å². The lowest BCUT2D eigenvalue weighted by atomic mass is 10.1. The van der Waals surface area contributed by atoms with Crippen LogP contribution in [0.1, 0.15) is 26.4 Å². The molecular weight excluding hydrogens is 246 g/mol. The highest BCUT2D eigenvalue weighted by Gasteiger charge is 2.08. The molecule has 19 heavy (non-hydrogen) atoms. The fourth-order valence-corrected chi connectivity index (χ4v) is 1.69. The first-order valence-electron chi connectivity index (χ1n) is 5.68. The number of nitrogens with one attached hydrogen (secondary N) is 1. The molecule has 1 amide bonds. The molecule has 1 aromatic heterocycles. The van der Waals surface area contributed by atoms with E-state index < -0.39 is 5.97 Å². The van der Waals surface area contributed by atoms with Crippen LogP contribution >= 0.6 is 0 Å². The third kappa shape index (κ3) is 2.98. The fourth-order valence-electron chi connectivity index (χ4n) is 1.69. The molecule has 0 fully saturated rings. The molecule has 0 atom stereocenters. The van der Waals surface area contributed by atoms with Gasteiger partial charge in [0, 0.05) is 13.2 Å². The highest BCUT2D eigenvalue weighted by molar-refractivity contribution is 5.91. The topological polar surface area (TPSA) is 84.2 Å². The summed E-state index contributed by atoms with van der Waals surface area (Å²) < 4.78 is 1.59. The van der Waals surface area contributed by atoms with Crippen molar-refractivity contribution in [2.24, 2.45) is 0 Å². The lowest BCUT2D eigenvalue weighted by Gasteiger charge is -2.03. The van der Waals surface area contributed by atoms with Crippen molar-refractivity contribution in [3.8, 4) is 0 Å². The molecule has 1 aromatic carbocycles. The second kappa shape index (κ2) is 5.34. The van der Waals surface area contributed by atoms with E-state index in [-0.39, 0.29) is 11.5 Å². The number of amides is 1. The van der Waals surface area contributed by atoms with Crippen LogP contribution in [-0.2, 0) is 6.54 Å². The molecule has 0 aliphatic carbocycles. The predicted molar refractivity (Wildman–Crippen MR) is 68.1 cm³/mol. The zero-order chi connectivity index (χ0) is 13.8. The zero-order valence-corrected chi connectivity index (χ0v) is 10.3. The summed E-state index contributed by atoms with van der Waals surface area (Å²) in [5.41, 5.74) is 1.37. The van der Waals surface area contributed by atoms with Crippen molar-refractivity contribution in [2.45, 2.75) is 6.54 Å². The molecule has 0 spiro atoms. The number of nitrogens with zero attached hydrogens (tertiary/aromatic N) is 2. The number of benzene rings is 1. The van der Waals surface area contributed by atoms with Crippen molar-refractivity contribution in [1.82, 2.24) is 15.1 Å². The first kappa shape index (κ1) is 12.8. The maximum absolute atomic E-state index is 11.4. The number of rotatable bonds is 4. The van der Waals surface area contributed by atoms with Crippen LogP contribution in [0.4, 0.5) is 0 Å². The average Bonchev–Trinajstić information content (AvgIpc) is 2.86. The summed E-state index contributed by atoms with van der Waals surface area (Å²) in [6.07, 6.45) is 1.68. The average molecular weight is 259 g/mol. The quantitative estimate of drug-likeness (QED) is 0.857. The van der Waals surface area contributed by atoms with Crippen LogP contribution in [0.25, 0.3) is 0 Å². The summed E-state index contributed by atoms with van der Waals surface area (Å²) in [5, 5.41) is 15.5. The predicted octanol–water partition coefficient (Wildman–Crippen LogP) is 0.989. The van der Waals surface area contributed by atoms with Crippen molar-refractivity contribution in [2.75, 3.05) is 7.05 Å². The van der Waals surface area contributed by atoms with E-state index in [4.69, 9.17) is 5.11 Å². The number of carboxylic acids is 1. The summed E-state index contributed by atoms with van der Waals surface area (Å²) in [5.74, 6) is -1.22. The van der Waals surface area contributed by atoms with Crippen molar-refractivity contribution >= 4 is 11.9 Å². The Bertz CT molecular complexity index is 619. The number of aromatic carboxylic acids is 1. The number of carbonyl (C=O) groups excluding carboxylic acids is 1. The summed E-state index contributed by atoms with van der Waals surface area (Å²) in [6.45, 7) is 0.415. The Morgan fingerprint density at radius 1 is 1.37 bits per heavy atom. The van der Waals surface area contributed by atoms with Gasteiger partial charge in [-0.25, -0.2) is 4.79 Å². The highest BCUT2D eigenvalue weighted by Crippen LogP contribution is 2.07. The molecule has 0 bridgehead atoms. The first-order valence-corrected chi connectivity index (χ1v) is 5.68. The van der Waals surface area contributed by atoms with Gasteiger partial charge in [0.2, 0.25) is 0 Å². The molecule has 98 valence electrons. The van der Waals surface area contributed by atoms with Crippen LogP contribution in [0.2, 0.25) is 0 Å². The van der Waals surface area contributed by atoms with Crippen LogP contribution in [-0.4, -0.2) is 33.8 Å². The molecule has 1 heterocycles. The minimum absolute atomic E-state index is 0.233. The van der Waals surface area contributed by atoms with E-state index in [1.54, 1.807) is 29.1 Å². The van der Waals surface area contributed by atoms with Gasteiger partial charge in [-0.3, -0.25) is 9.48 Å². The highest BCUT2D eigenvalue weighted by atomic mass is 16.4. The fraction of sp³-hybridized carbons (Fsp3) is 0.154. The van der Waals surface area contributed by atoms with E-state index in [1.165, 1.54) is 13.1 Å². The molecule has 0 saturated carbocycles. The molecule has 2 aromatic rings. The summed E-state index contributed by atoms with van der Waals surface area (Å²) in [6, 6.07) is 8.23. The Kier molecular flexibility index (Phi) is 3.61. The summed E-state index contributed by atoms with van der Waals surface area (Å²) >= 11 is 0. The minimum atomic E-state index is -0.964. The first-order chi connectivity index (χ1) is 9.10.